The number of halogens is 1. The first-order valence-corrected chi connectivity index (χ1v) is 5.29. The third-order valence-corrected chi connectivity index (χ3v) is 4.27. The average Bonchev–Trinajstić information content (AvgIpc) is 1.81. The van der Waals surface area contributed by atoms with Crippen molar-refractivity contribution in [1.29, 1.82) is 0 Å². The zero-order chi connectivity index (χ0) is 9.12. The van der Waals surface area contributed by atoms with Gasteiger partial charge in [-0.1, -0.05) is 50.3 Å². The van der Waals surface area contributed by atoms with Crippen LogP contribution in [0.5, 0.6) is 0 Å². The lowest BCUT2D eigenvalue weighted by Crippen LogP contribution is -2.42. The zero-order valence-corrected chi connectivity index (χ0v) is 10.4. The van der Waals surface area contributed by atoms with Crippen LogP contribution in [0.3, 0.4) is 0 Å². The molecular weight excluding hydrogens is 249 g/mol. The van der Waals surface area contributed by atoms with Crippen LogP contribution in [-0.4, -0.2) is 16.5 Å². The molecule has 0 aliphatic rings. The van der Waals surface area contributed by atoms with Gasteiger partial charge in [0.1, 0.15) is 0 Å². The highest BCUT2D eigenvalue weighted by Gasteiger charge is 2.33. The highest BCUT2D eigenvalue weighted by molar-refractivity contribution is 14.1. The second kappa shape index (κ2) is 4.08. The number of hydrogen-bond donors (Lipinski definition) is 1. The van der Waals surface area contributed by atoms with Crippen molar-refractivity contribution in [3.8, 4) is 0 Å². The van der Waals surface area contributed by atoms with Gasteiger partial charge in [0, 0.05) is 9.97 Å². The fourth-order valence-corrected chi connectivity index (χ4v) is 0.895. The fourth-order valence-electron chi connectivity index (χ4n) is 0.625. The lowest BCUT2D eigenvalue weighted by molar-refractivity contribution is 0.307. The third-order valence-electron chi connectivity index (χ3n) is 2.27. The van der Waals surface area contributed by atoms with Gasteiger partial charge in [-0.25, -0.2) is 0 Å². The second-order valence-electron chi connectivity index (χ2n) is 4.23. The molecule has 0 radical (unpaired) electrons. The number of nitrogens with one attached hydrogen (secondary N) is 1. The van der Waals surface area contributed by atoms with Gasteiger partial charge >= 0.3 is 0 Å². The average molecular weight is 269 g/mol. The van der Waals surface area contributed by atoms with Crippen LogP contribution in [0.15, 0.2) is 0 Å². The van der Waals surface area contributed by atoms with E-state index in [1.54, 1.807) is 0 Å². The summed E-state index contributed by atoms with van der Waals surface area (Å²) in [5.74, 6) is 0. The molecule has 1 N–H and O–H groups in total. The molecule has 68 valence electrons. The molecule has 0 fully saturated rings. The number of hydrogen-bond acceptors (Lipinski definition) is 1. The normalized spacial score (nSPS) is 18.0. The predicted octanol–water partition coefficient (Wildman–Crippen LogP) is 2.84. The molecule has 0 bridgehead atoms. The predicted molar refractivity (Wildman–Crippen MR) is 60.4 cm³/mol. The molecule has 1 nitrogen and oxygen atoms in total. The van der Waals surface area contributed by atoms with Gasteiger partial charge in [0.25, 0.3) is 0 Å². The van der Waals surface area contributed by atoms with Crippen LogP contribution in [0.25, 0.3) is 0 Å². The summed E-state index contributed by atoms with van der Waals surface area (Å²) in [6.45, 7) is 13.5. The van der Waals surface area contributed by atoms with Gasteiger partial charge in [-0.3, -0.25) is 0 Å². The molecule has 11 heavy (non-hydrogen) atoms. The van der Waals surface area contributed by atoms with Crippen LogP contribution in [0.1, 0.15) is 34.6 Å². The van der Waals surface area contributed by atoms with Crippen LogP contribution in [0.4, 0.5) is 0 Å². The molecule has 1 atom stereocenters. The largest absolute Gasteiger partial charge is 0.316 e. The van der Waals surface area contributed by atoms with Gasteiger partial charge in [0.15, 0.2) is 0 Å². The zero-order valence-electron chi connectivity index (χ0n) is 8.29. The summed E-state index contributed by atoms with van der Waals surface area (Å²) in [5, 5.41) is 3.39. The molecule has 0 heterocycles. The van der Waals surface area contributed by atoms with E-state index in [2.05, 4.69) is 62.5 Å². The Morgan fingerprint density at radius 2 is 1.64 bits per heavy atom. The summed E-state index contributed by atoms with van der Waals surface area (Å²) in [6, 6.07) is 0. The lowest BCUT2D eigenvalue weighted by Gasteiger charge is -2.37. The molecule has 0 aromatic heterocycles. The van der Waals surface area contributed by atoms with E-state index in [0.29, 0.717) is 8.84 Å². The third kappa shape index (κ3) is 3.74. The number of alkyl halides is 1. The molecule has 0 amide bonds. The van der Waals surface area contributed by atoms with Gasteiger partial charge in [-0.05, 0) is 18.9 Å². The van der Waals surface area contributed by atoms with E-state index >= 15 is 0 Å². The molecule has 0 aromatic rings. The van der Waals surface area contributed by atoms with E-state index in [1.807, 2.05) is 0 Å². The molecule has 0 saturated heterocycles. The topological polar surface area (TPSA) is 12.0 Å². The minimum atomic E-state index is 0.348. The van der Waals surface area contributed by atoms with Crippen molar-refractivity contribution in [2.24, 2.45) is 5.41 Å². The Balaban J connectivity index is 4.00. The minimum Gasteiger partial charge on any atom is -0.316 e. The Labute approximate surface area is 84.5 Å². The lowest BCUT2D eigenvalue weighted by atomic mass is 9.82. The van der Waals surface area contributed by atoms with Gasteiger partial charge in [-0.15, -0.1) is 0 Å². The Kier molecular flexibility index (Phi) is 4.33. The smallest absolute Gasteiger partial charge is 0.0366 e. The molecule has 0 spiro atoms. The Hall–Kier alpha value is 0.690. The first-order valence-electron chi connectivity index (χ1n) is 4.21. The van der Waals surface area contributed by atoms with Crippen LogP contribution < -0.4 is 5.32 Å². The maximum atomic E-state index is 3.39. The SMILES string of the molecule is CCNC[C@@](C)(I)C(C)(C)C. The summed E-state index contributed by atoms with van der Waals surface area (Å²) in [7, 11) is 0. The molecule has 0 rings (SSSR count). The highest BCUT2D eigenvalue weighted by atomic mass is 127. The molecule has 0 aliphatic heterocycles. The molecule has 0 aromatic carbocycles. The Morgan fingerprint density at radius 1 is 1.18 bits per heavy atom. The Morgan fingerprint density at radius 3 is 1.91 bits per heavy atom. The van der Waals surface area contributed by atoms with Crippen molar-refractivity contribution in [2.75, 3.05) is 13.1 Å². The monoisotopic (exact) mass is 269 g/mol. The van der Waals surface area contributed by atoms with Gasteiger partial charge in [0.05, 0.1) is 0 Å². The quantitative estimate of drug-likeness (QED) is 0.613. The maximum absolute atomic E-state index is 3.39. The summed E-state index contributed by atoms with van der Waals surface area (Å²) in [4.78, 5) is 0. The first kappa shape index (κ1) is 11.7. The van der Waals surface area contributed by atoms with Crippen molar-refractivity contribution in [1.82, 2.24) is 5.32 Å². The van der Waals surface area contributed by atoms with Gasteiger partial charge in [-0.2, -0.15) is 0 Å². The van der Waals surface area contributed by atoms with Crippen molar-refractivity contribution >= 4 is 22.6 Å². The molecular formula is C9H20IN. The molecule has 0 unspecified atom stereocenters. The molecule has 0 saturated carbocycles. The van der Waals surface area contributed by atoms with E-state index in [1.165, 1.54) is 0 Å². The van der Waals surface area contributed by atoms with Crippen molar-refractivity contribution in [3.05, 3.63) is 0 Å². The second-order valence-corrected chi connectivity index (χ2v) is 6.61. The van der Waals surface area contributed by atoms with Gasteiger partial charge in [0.2, 0.25) is 0 Å². The standard InChI is InChI=1S/C9H20IN/c1-6-11-7-9(5,10)8(2,3)4/h11H,6-7H2,1-5H3/t9-/m1/s1. The van der Waals surface area contributed by atoms with E-state index in [0.717, 1.165) is 13.1 Å². The van der Waals surface area contributed by atoms with E-state index in [-0.39, 0.29) is 0 Å². The summed E-state index contributed by atoms with van der Waals surface area (Å²) in [6.07, 6.45) is 0. The first-order chi connectivity index (χ1) is 4.81. The van der Waals surface area contributed by atoms with Crippen LogP contribution in [-0.2, 0) is 0 Å². The van der Waals surface area contributed by atoms with Crippen LogP contribution in [0.2, 0.25) is 0 Å². The van der Waals surface area contributed by atoms with E-state index < -0.39 is 0 Å². The summed E-state index contributed by atoms with van der Waals surface area (Å²) < 4.78 is 0.348. The molecule has 0 aliphatic carbocycles. The van der Waals surface area contributed by atoms with E-state index in [4.69, 9.17) is 0 Å². The van der Waals surface area contributed by atoms with Gasteiger partial charge < -0.3 is 5.32 Å². The van der Waals surface area contributed by atoms with Crippen molar-refractivity contribution < 1.29 is 0 Å². The minimum absolute atomic E-state index is 0.348. The van der Waals surface area contributed by atoms with E-state index in [9.17, 15) is 0 Å². The van der Waals surface area contributed by atoms with Crippen LogP contribution in [0, 0.1) is 5.41 Å². The Bertz CT molecular complexity index is 113. The van der Waals surface area contributed by atoms with Crippen molar-refractivity contribution in [3.63, 3.8) is 0 Å². The van der Waals surface area contributed by atoms with Crippen molar-refractivity contribution in [2.45, 2.75) is 38.0 Å². The molecule has 2 heteroatoms. The highest BCUT2D eigenvalue weighted by Crippen LogP contribution is 2.37. The summed E-state index contributed by atoms with van der Waals surface area (Å²) >= 11 is 2.54. The maximum Gasteiger partial charge on any atom is 0.0366 e. The number of rotatable bonds is 3. The summed E-state index contributed by atoms with van der Waals surface area (Å²) in [5.41, 5.74) is 0.371. The fraction of sp³-hybridized carbons (Fsp3) is 1.00. The van der Waals surface area contributed by atoms with Crippen LogP contribution >= 0.6 is 22.6 Å².